The lowest BCUT2D eigenvalue weighted by Gasteiger charge is -2.35. The number of carboxylic acid groups (broad SMARTS) is 1. The maximum atomic E-state index is 12.9. The van der Waals surface area contributed by atoms with Crippen molar-refractivity contribution in [3.8, 4) is 12.1 Å². The fourth-order valence-corrected chi connectivity index (χ4v) is 5.03. The molecule has 40 heavy (non-hydrogen) atoms. The molecule has 1 aromatic carbocycles. The van der Waals surface area contributed by atoms with Gasteiger partial charge in [-0.3, -0.25) is 10.1 Å². The summed E-state index contributed by atoms with van der Waals surface area (Å²) in [6.07, 6.45) is -0.697. The predicted molar refractivity (Wildman–Crippen MR) is 150 cm³/mol. The van der Waals surface area contributed by atoms with E-state index in [9.17, 15) is 30.0 Å². The molecule has 11 heteroatoms. The number of benzene rings is 1. The lowest BCUT2D eigenvalue weighted by atomic mass is 9.79. The summed E-state index contributed by atoms with van der Waals surface area (Å²) < 4.78 is 5.36. The minimum atomic E-state index is -2.11. The first-order chi connectivity index (χ1) is 18.7. The number of carbonyl (C=O) groups is 3. The van der Waals surface area contributed by atoms with Gasteiger partial charge in [0.15, 0.2) is 5.54 Å². The monoisotopic (exact) mass is 565 g/mol. The van der Waals surface area contributed by atoms with Crippen molar-refractivity contribution in [3.05, 3.63) is 57.8 Å². The number of nitrogens with one attached hydrogen (secondary N) is 2. The highest BCUT2D eigenvalue weighted by atomic mass is 32.2. The van der Waals surface area contributed by atoms with Crippen LogP contribution in [0.15, 0.2) is 29.3 Å². The van der Waals surface area contributed by atoms with Crippen molar-refractivity contribution in [2.24, 2.45) is 5.92 Å². The third kappa shape index (κ3) is 7.51. The van der Waals surface area contributed by atoms with Gasteiger partial charge >= 0.3 is 12.1 Å². The molecule has 1 heterocycles. The largest absolute Gasteiger partial charge is 0.479 e. The summed E-state index contributed by atoms with van der Waals surface area (Å²) in [7, 11) is 0. The number of hydrogen-bond donors (Lipinski definition) is 3. The molecule has 0 spiro atoms. The summed E-state index contributed by atoms with van der Waals surface area (Å²) in [4.78, 5) is 41.5. The van der Waals surface area contributed by atoms with E-state index in [2.05, 4.69) is 21.7 Å². The Morgan fingerprint density at radius 2 is 1.65 bits per heavy atom. The number of carbonyl (C=O) groups excluding carboxylic acids is 2. The van der Waals surface area contributed by atoms with Crippen LogP contribution in [0.5, 0.6) is 0 Å². The molecule has 0 aliphatic rings. The van der Waals surface area contributed by atoms with Crippen LogP contribution in [0.25, 0.3) is 0 Å². The van der Waals surface area contributed by atoms with E-state index >= 15 is 0 Å². The number of alkyl carbamates (subject to hydrolysis) is 1. The zero-order valence-corrected chi connectivity index (χ0v) is 24.7. The Labute approximate surface area is 239 Å². The number of nitrogens with zero attached hydrogens (tertiary/aromatic N) is 3. The van der Waals surface area contributed by atoms with Crippen LogP contribution < -0.4 is 10.6 Å². The maximum absolute atomic E-state index is 12.9. The van der Waals surface area contributed by atoms with Crippen LogP contribution >= 0.6 is 11.8 Å². The topological polar surface area (TPSA) is 165 Å². The second-order valence-corrected chi connectivity index (χ2v) is 11.4. The van der Waals surface area contributed by atoms with E-state index in [0.717, 1.165) is 11.1 Å². The first-order valence-electron chi connectivity index (χ1n) is 12.8. The van der Waals surface area contributed by atoms with Gasteiger partial charge in [-0.05, 0) is 49.8 Å². The van der Waals surface area contributed by atoms with Crippen molar-refractivity contribution in [1.29, 1.82) is 10.5 Å². The van der Waals surface area contributed by atoms with Crippen LogP contribution in [-0.2, 0) is 38.6 Å². The van der Waals surface area contributed by atoms with Gasteiger partial charge in [-0.1, -0.05) is 45.0 Å². The molecule has 1 aromatic heterocycles. The number of ether oxygens (including phenoxy) is 1. The first-order valence-corrected chi connectivity index (χ1v) is 13.8. The maximum Gasteiger partial charge on any atom is 0.408 e. The molecule has 0 aliphatic heterocycles. The Morgan fingerprint density at radius 3 is 2.10 bits per heavy atom. The molecule has 3 N–H and O–H groups in total. The Morgan fingerprint density at radius 1 is 1.07 bits per heavy atom. The van der Waals surface area contributed by atoms with Gasteiger partial charge in [0.25, 0.3) is 0 Å². The van der Waals surface area contributed by atoms with Crippen molar-refractivity contribution in [2.45, 2.75) is 83.4 Å². The first kappa shape index (κ1) is 32.1. The molecule has 0 fully saturated rings. The Bertz CT molecular complexity index is 1350. The van der Waals surface area contributed by atoms with E-state index in [0.29, 0.717) is 17.9 Å². The quantitative estimate of drug-likeness (QED) is 0.344. The van der Waals surface area contributed by atoms with Gasteiger partial charge in [-0.25, -0.2) is 14.6 Å². The number of aromatic nitrogens is 1. The highest BCUT2D eigenvalue weighted by molar-refractivity contribution is 7.98. The lowest BCUT2D eigenvalue weighted by Crippen LogP contribution is -2.57. The lowest BCUT2D eigenvalue weighted by molar-refractivity contribution is -0.147. The van der Waals surface area contributed by atoms with Crippen molar-refractivity contribution < 1.29 is 24.2 Å². The molecule has 10 nitrogen and oxygen atoms in total. The van der Waals surface area contributed by atoms with Crippen LogP contribution in [0.3, 0.4) is 0 Å². The van der Waals surface area contributed by atoms with Crippen LogP contribution in [-0.4, -0.2) is 33.7 Å². The van der Waals surface area contributed by atoms with Crippen molar-refractivity contribution in [3.63, 3.8) is 0 Å². The number of nitriles is 2. The molecule has 0 saturated heterocycles. The molecule has 0 aliphatic carbocycles. The van der Waals surface area contributed by atoms with E-state index in [1.165, 1.54) is 18.7 Å². The van der Waals surface area contributed by atoms with Gasteiger partial charge in [-0.2, -0.15) is 10.5 Å². The molecular formula is C29H35N5O5S. The SMILES string of the molecule is CCc1c(C#N)c(SCc2ccc(CNC(C)=O)cc2)nc([C@](NC(=O)OC(C)(C)C)(C(=O)O)C(C)C)c1C#N. The van der Waals surface area contributed by atoms with Gasteiger partial charge in [0.1, 0.15) is 22.8 Å². The molecule has 0 saturated carbocycles. The second-order valence-electron chi connectivity index (χ2n) is 10.5. The summed E-state index contributed by atoms with van der Waals surface area (Å²) in [5.41, 5.74) is -0.821. The van der Waals surface area contributed by atoms with Gasteiger partial charge in [-0.15, -0.1) is 11.8 Å². The van der Waals surface area contributed by atoms with Crippen LogP contribution in [0.1, 0.15) is 82.0 Å². The zero-order chi connectivity index (χ0) is 30.3. The average molecular weight is 566 g/mol. The summed E-state index contributed by atoms with van der Waals surface area (Å²) in [5, 5.41) is 36.1. The van der Waals surface area contributed by atoms with Crippen molar-refractivity contribution in [2.75, 3.05) is 0 Å². The number of hydrogen-bond acceptors (Lipinski definition) is 8. The fourth-order valence-electron chi connectivity index (χ4n) is 4.06. The number of aliphatic carboxylic acids is 1. The summed E-state index contributed by atoms with van der Waals surface area (Å²) in [6, 6.07) is 11.7. The molecular weight excluding hydrogens is 530 g/mol. The Hall–Kier alpha value is -4.09. The highest BCUT2D eigenvalue weighted by Crippen LogP contribution is 2.38. The molecule has 2 aromatic rings. The minimum Gasteiger partial charge on any atom is -0.479 e. The zero-order valence-electron chi connectivity index (χ0n) is 23.8. The van der Waals surface area contributed by atoms with Crippen LogP contribution in [0.2, 0.25) is 0 Å². The molecule has 212 valence electrons. The van der Waals surface area contributed by atoms with Crippen LogP contribution in [0, 0.1) is 28.6 Å². The fraction of sp³-hybridized carbons (Fsp3) is 0.448. The van der Waals surface area contributed by atoms with Gasteiger partial charge in [0, 0.05) is 19.2 Å². The number of thioether (sulfide) groups is 1. The molecule has 1 atom stereocenters. The van der Waals surface area contributed by atoms with Gasteiger partial charge < -0.3 is 15.2 Å². The van der Waals surface area contributed by atoms with Crippen molar-refractivity contribution in [1.82, 2.24) is 15.6 Å². The number of rotatable bonds is 10. The van der Waals surface area contributed by atoms with E-state index in [-0.39, 0.29) is 34.2 Å². The van der Waals surface area contributed by atoms with Gasteiger partial charge in [0.2, 0.25) is 5.91 Å². The summed E-state index contributed by atoms with van der Waals surface area (Å²) in [5.74, 6) is -1.88. The average Bonchev–Trinajstić information content (AvgIpc) is 2.87. The molecule has 2 rings (SSSR count). The molecule has 0 unspecified atom stereocenters. The van der Waals surface area contributed by atoms with E-state index in [1.54, 1.807) is 41.5 Å². The molecule has 0 bridgehead atoms. The Balaban J connectivity index is 2.64. The molecule has 0 radical (unpaired) electrons. The van der Waals surface area contributed by atoms with E-state index < -0.39 is 29.1 Å². The van der Waals surface area contributed by atoms with Crippen LogP contribution in [0.4, 0.5) is 4.79 Å². The smallest absolute Gasteiger partial charge is 0.408 e. The van der Waals surface area contributed by atoms with E-state index in [1.807, 2.05) is 30.3 Å². The standard InChI is InChI=1S/C29H35N5O5S/c1-8-21-22(13-30)24(29(17(2)3,26(36)37)34-27(38)39-28(5,6)7)33-25(23(21)14-31)40-16-20-11-9-19(10-12-20)15-32-18(4)35/h9-12,17H,8,15-16H2,1-7H3,(H,32,35)(H,34,38)(H,36,37)/t29-/m0/s1. The molecule has 2 amide bonds. The number of pyridine rings is 1. The minimum absolute atomic E-state index is 0.0575. The predicted octanol–water partition coefficient (Wildman–Crippen LogP) is 4.78. The summed E-state index contributed by atoms with van der Waals surface area (Å²) in [6.45, 7) is 11.8. The van der Waals surface area contributed by atoms with Gasteiger partial charge in [0.05, 0.1) is 16.8 Å². The second kappa shape index (κ2) is 13.3. The third-order valence-electron chi connectivity index (χ3n) is 6.06. The Kier molecular flexibility index (Phi) is 10.7. The summed E-state index contributed by atoms with van der Waals surface area (Å²) >= 11 is 1.23. The van der Waals surface area contributed by atoms with Crippen molar-refractivity contribution >= 4 is 29.7 Å². The number of amides is 2. The third-order valence-corrected chi connectivity index (χ3v) is 7.11. The number of carboxylic acids is 1. The highest BCUT2D eigenvalue weighted by Gasteiger charge is 2.50. The van der Waals surface area contributed by atoms with E-state index in [4.69, 9.17) is 4.74 Å². The normalized spacial score (nSPS) is 12.6.